The highest BCUT2D eigenvalue weighted by Crippen LogP contribution is 2.44. The van der Waals surface area contributed by atoms with E-state index in [9.17, 15) is 5.11 Å². The van der Waals surface area contributed by atoms with Crippen LogP contribution in [0.3, 0.4) is 0 Å². The zero-order valence-corrected chi connectivity index (χ0v) is 12.4. The molecule has 1 aromatic carbocycles. The summed E-state index contributed by atoms with van der Waals surface area (Å²) in [6, 6.07) is 6.72. The van der Waals surface area contributed by atoms with Gasteiger partial charge in [-0.25, -0.2) is 0 Å². The van der Waals surface area contributed by atoms with E-state index in [0.717, 1.165) is 49.6 Å². The molecule has 1 aromatic rings. The van der Waals surface area contributed by atoms with Crippen molar-refractivity contribution in [3.8, 4) is 5.75 Å². The van der Waals surface area contributed by atoms with Gasteiger partial charge >= 0.3 is 0 Å². The van der Waals surface area contributed by atoms with Crippen LogP contribution in [0.15, 0.2) is 18.2 Å². The van der Waals surface area contributed by atoms with Gasteiger partial charge in [0.2, 0.25) is 0 Å². The minimum absolute atomic E-state index is 0.414. The second-order valence-corrected chi connectivity index (χ2v) is 6.13. The number of hydrogen-bond donors (Lipinski definition) is 2. The van der Waals surface area contributed by atoms with Gasteiger partial charge in [-0.1, -0.05) is 31.5 Å². The van der Waals surface area contributed by atoms with E-state index in [1.54, 1.807) is 0 Å². The molecule has 1 atom stereocenters. The third kappa shape index (κ3) is 2.57. The lowest BCUT2D eigenvalue weighted by Gasteiger charge is -2.43. The monoisotopic (exact) mass is 274 g/mol. The van der Waals surface area contributed by atoms with E-state index in [0.29, 0.717) is 11.8 Å². The number of para-hydroxylation sites is 1. The minimum Gasteiger partial charge on any atom is -0.507 e. The molecule has 0 aromatic heterocycles. The fraction of sp³-hybridized carbons (Fsp3) is 0.647. The molecule has 1 saturated heterocycles. The molecule has 0 radical (unpaired) electrons. The molecule has 0 spiro atoms. The van der Waals surface area contributed by atoms with E-state index >= 15 is 0 Å². The summed E-state index contributed by atoms with van der Waals surface area (Å²) in [6.07, 6.45) is 4.87. The molecule has 0 amide bonds. The molecule has 1 heterocycles. The van der Waals surface area contributed by atoms with Crippen LogP contribution in [-0.4, -0.2) is 36.2 Å². The molecule has 20 heavy (non-hydrogen) atoms. The van der Waals surface area contributed by atoms with Crippen LogP contribution < -0.4 is 5.32 Å². The number of nitrogens with zero attached hydrogens (tertiary/aromatic N) is 1. The number of phenolic OH excluding ortho intramolecular Hbond substituents is 1. The first-order valence-electron chi connectivity index (χ1n) is 8.06. The van der Waals surface area contributed by atoms with E-state index in [1.165, 1.54) is 19.3 Å². The predicted octanol–water partition coefficient (Wildman–Crippen LogP) is 2.70. The molecule has 2 fully saturated rings. The predicted molar refractivity (Wildman–Crippen MR) is 82.0 cm³/mol. The molecule has 1 aliphatic carbocycles. The number of rotatable bonds is 4. The van der Waals surface area contributed by atoms with Crippen molar-refractivity contribution in [3.63, 3.8) is 0 Å². The zero-order valence-electron chi connectivity index (χ0n) is 12.4. The van der Waals surface area contributed by atoms with Gasteiger partial charge in [0.15, 0.2) is 0 Å². The largest absolute Gasteiger partial charge is 0.507 e. The Hall–Kier alpha value is -1.06. The quantitative estimate of drug-likeness (QED) is 0.886. The van der Waals surface area contributed by atoms with Crippen molar-refractivity contribution in [1.29, 1.82) is 0 Å². The lowest BCUT2D eigenvalue weighted by Crippen LogP contribution is -2.47. The molecule has 1 saturated carbocycles. The lowest BCUT2D eigenvalue weighted by atomic mass is 9.75. The van der Waals surface area contributed by atoms with Gasteiger partial charge in [0, 0.05) is 37.8 Å². The van der Waals surface area contributed by atoms with Crippen LogP contribution in [0.25, 0.3) is 0 Å². The van der Waals surface area contributed by atoms with Gasteiger partial charge in [0.05, 0.1) is 0 Å². The maximum absolute atomic E-state index is 10.6. The fourth-order valence-corrected chi connectivity index (χ4v) is 3.60. The van der Waals surface area contributed by atoms with Crippen molar-refractivity contribution in [1.82, 2.24) is 10.2 Å². The molecule has 2 aliphatic rings. The molecular weight excluding hydrogens is 248 g/mol. The van der Waals surface area contributed by atoms with E-state index < -0.39 is 0 Å². The summed E-state index contributed by atoms with van der Waals surface area (Å²) in [4.78, 5) is 2.58. The Kier molecular flexibility index (Phi) is 4.27. The Morgan fingerprint density at radius 2 is 2.05 bits per heavy atom. The van der Waals surface area contributed by atoms with Crippen molar-refractivity contribution in [2.24, 2.45) is 5.92 Å². The molecule has 2 N–H and O–H groups in total. The van der Waals surface area contributed by atoms with Crippen molar-refractivity contribution in [2.45, 2.75) is 38.6 Å². The maximum Gasteiger partial charge on any atom is 0.123 e. The van der Waals surface area contributed by atoms with Gasteiger partial charge in [-0.2, -0.15) is 0 Å². The molecule has 3 rings (SSSR count). The Labute approximate surface area is 122 Å². The summed E-state index contributed by atoms with van der Waals surface area (Å²) >= 11 is 0. The number of aromatic hydroxyl groups is 1. The number of phenols is 1. The minimum atomic E-state index is 0.414. The molecule has 110 valence electrons. The number of hydrogen-bond acceptors (Lipinski definition) is 3. The van der Waals surface area contributed by atoms with Crippen LogP contribution in [0.1, 0.15) is 43.4 Å². The highest BCUT2D eigenvalue weighted by molar-refractivity contribution is 5.42. The summed E-state index contributed by atoms with van der Waals surface area (Å²) in [5, 5.41) is 14.0. The Bertz CT molecular complexity index is 450. The molecule has 3 heteroatoms. The van der Waals surface area contributed by atoms with Crippen molar-refractivity contribution in [3.05, 3.63) is 29.3 Å². The summed E-state index contributed by atoms with van der Waals surface area (Å²) < 4.78 is 0. The lowest BCUT2D eigenvalue weighted by molar-refractivity contribution is 0.0818. The average Bonchev–Trinajstić information content (AvgIpc) is 2.44. The van der Waals surface area contributed by atoms with E-state index in [-0.39, 0.29) is 0 Å². The molecule has 3 nitrogen and oxygen atoms in total. The second kappa shape index (κ2) is 6.15. The molecular formula is C17H26N2O. The first-order chi connectivity index (χ1) is 9.81. The Morgan fingerprint density at radius 3 is 2.65 bits per heavy atom. The van der Waals surface area contributed by atoms with Gasteiger partial charge in [0.25, 0.3) is 0 Å². The molecule has 0 bridgehead atoms. The van der Waals surface area contributed by atoms with Crippen LogP contribution in [0, 0.1) is 5.92 Å². The van der Waals surface area contributed by atoms with Gasteiger partial charge in [-0.3, -0.25) is 4.90 Å². The summed E-state index contributed by atoms with van der Waals surface area (Å²) in [5.74, 6) is 1.27. The molecule has 1 aliphatic heterocycles. The van der Waals surface area contributed by atoms with Crippen LogP contribution in [-0.2, 0) is 6.42 Å². The number of aryl methyl sites for hydroxylation is 1. The van der Waals surface area contributed by atoms with Gasteiger partial charge < -0.3 is 10.4 Å². The maximum atomic E-state index is 10.6. The first-order valence-corrected chi connectivity index (χ1v) is 8.06. The highest BCUT2D eigenvalue weighted by atomic mass is 16.3. The third-order valence-corrected chi connectivity index (χ3v) is 4.99. The third-order valence-electron chi connectivity index (χ3n) is 4.99. The summed E-state index contributed by atoms with van der Waals surface area (Å²) in [6.45, 7) is 6.44. The Balaban J connectivity index is 1.92. The standard InChI is InChI=1S/C17H26N2O/c1-2-13-5-4-8-15(17(13)20)16(14-6-3-7-14)19-11-9-18-10-12-19/h4-5,8,14,16,18,20H,2-3,6-7,9-12H2,1H3/t16-/m1/s1. The van der Waals surface area contributed by atoms with Crippen molar-refractivity contribution in [2.75, 3.05) is 26.2 Å². The van der Waals surface area contributed by atoms with E-state index in [1.807, 2.05) is 0 Å². The van der Waals surface area contributed by atoms with E-state index in [4.69, 9.17) is 0 Å². The van der Waals surface area contributed by atoms with Crippen LogP contribution in [0.4, 0.5) is 0 Å². The number of nitrogens with one attached hydrogen (secondary N) is 1. The topological polar surface area (TPSA) is 35.5 Å². The van der Waals surface area contributed by atoms with E-state index in [2.05, 4.69) is 35.3 Å². The zero-order chi connectivity index (χ0) is 13.9. The van der Waals surface area contributed by atoms with Crippen molar-refractivity contribution < 1.29 is 5.11 Å². The van der Waals surface area contributed by atoms with Crippen LogP contribution in [0.5, 0.6) is 5.75 Å². The number of benzene rings is 1. The van der Waals surface area contributed by atoms with Crippen molar-refractivity contribution >= 4 is 0 Å². The fourth-order valence-electron chi connectivity index (χ4n) is 3.60. The van der Waals surface area contributed by atoms with Crippen LogP contribution in [0.2, 0.25) is 0 Å². The highest BCUT2D eigenvalue weighted by Gasteiger charge is 2.35. The Morgan fingerprint density at radius 1 is 1.30 bits per heavy atom. The molecule has 0 unspecified atom stereocenters. The average molecular weight is 274 g/mol. The number of piperazine rings is 1. The van der Waals surface area contributed by atoms with Gasteiger partial charge in [-0.15, -0.1) is 0 Å². The van der Waals surface area contributed by atoms with Gasteiger partial charge in [-0.05, 0) is 30.7 Å². The van der Waals surface area contributed by atoms with Crippen LogP contribution >= 0.6 is 0 Å². The SMILES string of the molecule is CCc1cccc([C@@H](C2CCC2)N2CCNCC2)c1O. The first kappa shape index (κ1) is 13.9. The smallest absolute Gasteiger partial charge is 0.123 e. The van der Waals surface area contributed by atoms with Gasteiger partial charge in [0.1, 0.15) is 5.75 Å². The second-order valence-electron chi connectivity index (χ2n) is 6.13. The summed E-state index contributed by atoms with van der Waals surface area (Å²) in [5.41, 5.74) is 2.25. The summed E-state index contributed by atoms with van der Waals surface area (Å²) in [7, 11) is 0. The normalized spacial score (nSPS) is 22.4.